The lowest BCUT2D eigenvalue weighted by Gasteiger charge is -2.11. The van der Waals surface area contributed by atoms with E-state index in [4.69, 9.17) is 16.7 Å². The number of halogens is 1. The predicted molar refractivity (Wildman–Crippen MR) is 118 cm³/mol. The van der Waals surface area contributed by atoms with Gasteiger partial charge in [-0.25, -0.2) is 0 Å². The Bertz CT molecular complexity index is 1440. The maximum Gasteiger partial charge on any atom is 0.141 e. The maximum absolute atomic E-state index is 11.3. The molecule has 0 aliphatic heterocycles. The first kappa shape index (κ1) is 18.6. The summed E-state index contributed by atoms with van der Waals surface area (Å²) in [5, 5.41) is 19.0. The average molecular weight is 419 g/mol. The largest absolute Gasteiger partial charge is 0.301 e. The molecular weight excluding hydrogens is 400 g/mol. The molecule has 5 rings (SSSR count). The number of aromatic amines is 1. The van der Waals surface area contributed by atoms with E-state index < -0.39 is 0 Å². The zero-order valence-corrected chi connectivity index (χ0v) is 17.5. The molecule has 2 aromatic carbocycles. The molecule has 7 nitrogen and oxygen atoms in total. The number of benzene rings is 2. The lowest BCUT2D eigenvalue weighted by Crippen LogP contribution is -2.03. The Balaban J connectivity index is 1.85. The van der Waals surface area contributed by atoms with Crippen molar-refractivity contribution in [1.29, 1.82) is 0 Å². The molecule has 30 heavy (non-hydrogen) atoms. The van der Waals surface area contributed by atoms with Gasteiger partial charge in [0.05, 0.1) is 35.0 Å². The third-order valence-corrected chi connectivity index (χ3v) is 6.08. The zero-order valence-electron chi connectivity index (χ0n) is 16.8. The van der Waals surface area contributed by atoms with Gasteiger partial charge in [0.1, 0.15) is 12.0 Å². The van der Waals surface area contributed by atoms with Crippen molar-refractivity contribution in [3.05, 3.63) is 52.9 Å². The van der Waals surface area contributed by atoms with Crippen molar-refractivity contribution in [3.63, 3.8) is 0 Å². The number of aldehydes is 1. The number of hydrogen-bond donors (Lipinski definition) is 1. The van der Waals surface area contributed by atoms with Crippen LogP contribution < -0.4 is 0 Å². The molecule has 0 unspecified atom stereocenters. The first-order valence-electron chi connectivity index (χ1n) is 9.55. The van der Waals surface area contributed by atoms with Crippen molar-refractivity contribution in [2.24, 2.45) is 7.05 Å². The van der Waals surface area contributed by atoms with Gasteiger partial charge in [-0.05, 0) is 37.6 Å². The number of fused-ring (bicyclic) bond motifs is 2. The normalized spacial score (nSPS) is 11.6. The van der Waals surface area contributed by atoms with E-state index in [1.165, 1.54) is 0 Å². The monoisotopic (exact) mass is 418 g/mol. The molecule has 0 saturated carbocycles. The summed E-state index contributed by atoms with van der Waals surface area (Å²) in [5.41, 5.74) is 7.25. The molecule has 8 heteroatoms. The number of nitrogens with one attached hydrogen (secondary N) is 1. The van der Waals surface area contributed by atoms with Gasteiger partial charge >= 0.3 is 0 Å². The van der Waals surface area contributed by atoms with Crippen molar-refractivity contribution in [1.82, 2.24) is 29.8 Å². The number of hydrogen-bond acceptors (Lipinski definition) is 4. The Morgan fingerprint density at radius 2 is 2.00 bits per heavy atom. The molecule has 0 saturated heterocycles. The van der Waals surface area contributed by atoms with Gasteiger partial charge in [0.15, 0.2) is 0 Å². The highest BCUT2D eigenvalue weighted by Gasteiger charge is 2.24. The summed E-state index contributed by atoms with van der Waals surface area (Å²) >= 11 is 6.82. The van der Waals surface area contributed by atoms with Crippen LogP contribution in [0.25, 0.3) is 44.2 Å². The number of rotatable bonds is 4. The Morgan fingerprint density at radius 1 is 1.17 bits per heavy atom. The van der Waals surface area contributed by atoms with Gasteiger partial charge in [-0.2, -0.15) is 15.3 Å². The van der Waals surface area contributed by atoms with Crippen LogP contribution in [-0.2, 0) is 18.4 Å². The topological polar surface area (TPSA) is 81.4 Å². The summed E-state index contributed by atoms with van der Waals surface area (Å²) in [7, 11) is 1.92. The molecular formula is C22H19ClN6O. The standard InChI is InChI=1S/C22H19ClN6O/c1-12-8-17-16(11-24-26-17)20(21(12)23)19-13(2)29(6-7-30)27-22(19)14-4-5-18-15(9-14)10-25-28(18)3/h4-5,7-11H,6H2,1-3H3,(H,24,26). The van der Waals surface area contributed by atoms with Gasteiger partial charge in [-0.3, -0.25) is 14.5 Å². The molecule has 0 spiro atoms. The summed E-state index contributed by atoms with van der Waals surface area (Å²) in [4.78, 5) is 11.3. The first-order chi connectivity index (χ1) is 14.5. The van der Waals surface area contributed by atoms with Crippen LogP contribution in [0.15, 0.2) is 36.7 Å². The summed E-state index contributed by atoms with van der Waals surface area (Å²) in [6, 6.07) is 8.10. The molecule has 3 heterocycles. The maximum atomic E-state index is 11.3. The number of carbonyl (C=O) groups is 1. The van der Waals surface area contributed by atoms with E-state index in [2.05, 4.69) is 21.4 Å². The first-order valence-corrected chi connectivity index (χ1v) is 9.93. The Hall–Kier alpha value is -3.45. The van der Waals surface area contributed by atoms with Crippen molar-refractivity contribution in [2.45, 2.75) is 20.4 Å². The lowest BCUT2D eigenvalue weighted by atomic mass is 9.94. The highest BCUT2D eigenvalue weighted by molar-refractivity contribution is 6.36. The summed E-state index contributed by atoms with van der Waals surface area (Å²) < 4.78 is 3.55. The molecule has 5 aromatic rings. The van der Waals surface area contributed by atoms with Crippen LogP contribution in [0.4, 0.5) is 0 Å². The van der Waals surface area contributed by atoms with Crippen LogP contribution in [0.3, 0.4) is 0 Å². The minimum Gasteiger partial charge on any atom is -0.301 e. The van der Waals surface area contributed by atoms with Gasteiger partial charge in [0, 0.05) is 40.2 Å². The predicted octanol–water partition coefficient (Wildman–Crippen LogP) is 4.45. The molecule has 0 bridgehead atoms. The Labute approximate surface area is 177 Å². The number of aryl methyl sites for hydroxylation is 2. The highest BCUT2D eigenvalue weighted by Crippen LogP contribution is 2.43. The second kappa shape index (κ2) is 6.81. The molecule has 0 amide bonds. The molecule has 0 fully saturated rings. The van der Waals surface area contributed by atoms with E-state index in [1.54, 1.807) is 10.9 Å². The van der Waals surface area contributed by atoms with E-state index in [0.29, 0.717) is 5.02 Å². The number of aromatic nitrogens is 6. The molecule has 0 radical (unpaired) electrons. The fourth-order valence-electron chi connectivity index (χ4n) is 4.05. The third kappa shape index (κ3) is 2.66. The minimum atomic E-state index is 0.173. The number of carbonyl (C=O) groups excluding carboxylic acids is 1. The van der Waals surface area contributed by atoms with Gasteiger partial charge in [-0.15, -0.1) is 0 Å². The molecule has 3 aromatic heterocycles. The number of nitrogens with zero attached hydrogens (tertiary/aromatic N) is 5. The molecule has 150 valence electrons. The zero-order chi connectivity index (χ0) is 21.0. The summed E-state index contributed by atoms with van der Waals surface area (Å²) in [6.45, 7) is 4.10. The van der Waals surface area contributed by atoms with E-state index in [0.717, 1.165) is 61.7 Å². The van der Waals surface area contributed by atoms with E-state index in [-0.39, 0.29) is 6.54 Å². The van der Waals surface area contributed by atoms with Crippen LogP contribution in [-0.4, -0.2) is 36.0 Å². The van der Waals surface area contributed by atoms with E-state index >= 15 is 0 Å². The molecule has 0 atom stereocenters. The molecule has 1 N–H and O–H groups in total. The summed E-state index contributed by atoms with van der Waals surface area (Å²) in [5.74, 6) is 0. The molecule has 0 aliphatic carbocycles. The second-order valence-corrected chi connectivity index (χ2v) is 7.79. The van der Waals surface area contributed by atoms with Crippen molar-refractivity contribution in [2.75, 3.05) is 0 Å². The Morgan fingerprint density at radius 3 is 2.80 bits per heavy atom. The van der Waals surface area contributed by atoms with Gasteiger partial charge in [0.2, 0.25) is 0 Å². The van der Waals surface area contributed by atoms with Crippen LogP contribution in [0.2, 0.25) is 5.02 Å². The van der Waals surface area contributed by atoms with Gasteiger partial charge in [-0.1, -0.05) is 17.7 Å². The van der Waals surface area contributed by atoms with Crippen molar-refractivity contribution >= 4 is 39.7 Å². The van der Waals surface area contributed by atoms with Crippen LogP contribution in [0, 0.1) is 13.8 Å². The van der Waals surface area contributed by atoms with Crippen molar-refractivity contribution < 1.29 is 4.79 Å². The van der Waals surface area contributed by atoms with E-state index in [1.807, 2.05) is 50.0 Å². The second-order valence-electron chi connectivity index (χ2n) is 7.41. The lowest BCUT2D eigenvalue weighted by molar-refractivity contribution is -0.108. The SMILES string of the molecule is Cc1cc2[nH]ncc2c(-c2c(-c3ccc4c(cnn4C)c3)nn(CC=O)c2C)c1Cl. The summed E-state index contributed by atoms with van der Waals surface area (Å²) in [6.07, 6.45) is 4.46. The quantitative estimate of drug-likeness (QED) is 0.437. The van der Waals surface area contributed by atoms with E-state index in [9.17, 15) is 4.79 Å². The Kier molecular flexibility index (Phi) is 4.22. The fourth-order valence-corrected chi connectivity index (χ4v) is 4.30. The highest BCUT2D eigenvalue weighted by atomic mass is 35.5. The fraction of sp³-hybridized carbons (Fsp3) is 0.182. The van der Waals surface area contributed by atoms with Crippen LogP contribution >= 0.6 is 11.6 Å². The number of H-pyrrole nitrogens is 1. The van der Waals surface area contributed by atoms with Crippen LogP contribution in [0.1, 0.15) is 11.3 Å². The average Bonchev–Trinajstić information content (AvgIpc) is 3.42. The van der Waals surface area contributed by atoms with Gasteiger partial charge < -0.3 is 4.79 Å². The molecule has 0 aliphatic rings. The third-order valence-electron chi connectivity index (χ3n) is 5.59. The van der Waals surface area contributed by atoms with Crippen molar-refractivity contribution in [3.8, 4) is 22.4 Å². The smallest absolute Gasteiger partial charge is 0.141 e. The van der Waals surface area contributed by atoms with Crippen LogP contribution in [0.5, 0.6) is 0 Å². The minimum absolute atomic E-state index is 0.173. The van der Waals surface area contributed by atoms with Gasteiger partial charge in [0.25, 0.3) is 0 Å².